The smallest absolute Gasteiger partial charge is 0.253 e. The van der Waals surface area contributed by atoms with E-state index in [4.69, 9.17) is 0 Å². The monoisotopic (exact) mass is 411 g/mol. The molecule has 162 valence electrons. The second-order valence-electron chi connectivity index (χ2n) is 7.95. The molecule has 2 heterocycles. The Morgan fingerprint density at radius 3 is 2.90 bits per heavy atom. The number of hydrogen-bond donors (Lipinski definition) is 2. The van der Waals surface area contributed by atoms with Gasteiger partial charge in [0.1, 0.15) is 0 Å². The van der Waals surface area contributed by atoms with E-state index in [9.17, 15) is 4.79 Å². The number of benzene rings is 1. The van der Waals surface area contributed by atoms with Crippen molar-refractivity contribution in [3.63, 3.8) is 0 Å². The summed E-state index contributed by atoms with van der Waals surface area (Å²) in [6.07, 6.45) is 7.05. The van der Waals surface area contributed by atoms with Gasteiger partial charge in [-0.05, 0) is 37.0 Å². The molecule has 30 heavy (non-hydrogen) atoms. The second-order valence-corrected chi connectivity index (χ2v) is 7.95. The van der Waals surface area contributed by atoms with Crippen LogP contribution < -0.4 is 15.5 Å². The van der Waals surface area contributed by atoms with E-state index in [0.717, 1.165) is 56.0 Å². The number of guanidine groups is 1. The van der Waals surface area contributed by atoms with Gasteiger partial charge in [0.05, 0.1) is 11.9 Å². The Morgan fingerprint density at radius 1 is 1.37 bits per heavy atom. The summed E-state index contributed by atoms with van der Waals surface area (Å²) in [5.41, 5.74) is 3.02. The topological polar surface area (TPSA) is 77.8 Å². The van der Waals surface area contributed by atoms with Crippen LogP contribution in [0, 0.1) is 0 Å². The molecule has 1 aromatic heterocycles. The molecule has 1 atom stereocenters. The van der Waals surface area contributed by atoms with E-state index in [1.807, 2.05) is 36.1 Å². The predicted molar refractivity (Wildman–Crippen MR) is 121 cm³/mol. The van der Waals surface area contributed by atoms with Crippen molar-refractivity contribution in [2.24, 2.45) is 12.0 Å². The zero-order valence-electron chi connectivity index (χ0n) is 18.4. The average Bonchev–Trinajstić information content (AvgIpc) is 3.19. The summed E-state index contributed by atoms with van der Waals surface area (Å²) >= 11 is 0. The standard InChI is InChI=1S/C22H33N7O/c1-23-22(24-11-10-17-7-5-8-18(13-17)21(30)27(2)3)26-19-9-6-12-29(15-19)20-14-25-28(4)16-20/h5,7-8,13-14,16,19H,6,9-12,15H2,1-4H3,(H2,23,24,26). The Hall–Kier alpha value is -3.03. The molecule has 0 aliphatic carbocycles. The molecule has 0 saturated carbocycles. The Kier molecular flexibility index (Phi) is 7.32. The number of nitrogens with one attached hydrogen (secondary N) is 2. The van der Waals surface area contributed by atoms with E-state index < -0.39 is 0 Å². The summed E-state index contributed by atoms with van der Waals surface area (Å²) in [4.78, 5) is 20.5. The molecule has 0 radical (unpaired) electrons. The highest BCUT2D eigenvalue weighted by atomic mass is 16.2. The highest BCUT2D eigenvalue weighted by molar-refractivity contribution is 5.94. The lowest BCUT2D eigenvalue weighted by Crippen LogP contribution is -2.51. The SMILES string of the molecule is CN=C(NCCc1cccc(C(=O)N(C)C)c1)NC1CCCN(c2cnn(C)c2)C1. The van der Waals surface area contributed by atoms with Crippen molar-refractivity contribution in [3.8, 4) is 0 Å². The number of hydrogen-bond acceptors (Lipinski definition) is 4. The molecule has 1 fully saturated rings. The molecule has 0 spiro atoms. The molecule has 1 aliphatic heterocycles. The van der Waals surface area contributed by atoms with Gasteiger partial charge in [0.25, 0.3) is 5.91 Å². The number of carbonyl (C=O) groups excluding carboxylic acids is 1. The molecule has 1 amide bonds. The number of aliphatic imine (C=N–C) groups is 1. The fraction of sp³-hybridized carbons (Fsp3) is 0.500. The normalized spacial score (nSPS) is 17.0. The minimum Gasteiger partial charge on any atom is -0.367 e. The Morgan fingerprint density at radius 2 is 2.20 bits per heavy atom. The number of amides is 1. The van der Waals surface area contributed by atoms with Crippen LogP contribution >= 0.6 is 0 Å². The molecule has 1 unspecified atom stereocenters. The van der Waals surface area contributed by atoms with Crippen molar-refractivity contribution < 1.29 is 4.79 Å². The molecular weight excluding hydrogens is 378 g/mol. The molecule has 8 nitrogen and oxygen atoms in total. The Labute approximate surface area is 179 Å². The Balaban J connectivity index is 1.49. The van der Waals surface area contributed by atoms with Crippen LogP contribution in [0.1, 0.15) is 28.8 Å². The molecular formula is C22H33N7O. The van der Waals surface area contributed by atoms with Crippen molar-refractivity contribution >= 4 is 17.6 Å². The Bertz CT molecular complexity index is 874. The molecule has 0 bridgehead atoms. The highest BCUT2D eigenvalue weighted by Gasteiger charge is 2.21. The van der Waals surface area contributed by atoms with Crippen LogP contribution in [0.4, 0.5) is 5.69 Å². The lowest BCUT2D eigenvalue weighted by atomic mass is 10.1. The van der Waals surface area contributed by atoms with Gasteiger partial charge >= 0.3 is 0 Å². The van der Waals surface area contributed by atoms with Gasteiger partial charge in [-0.3, -0.25) is 14.5 Å². The van der Waals surface area contributed by atoms with Crippen LogP contribution in [0.5, 0.6) is 0 Å². The van der Waals surface area contributed by atoms with Crippen molar-refractivity contribution in [1.29, 1.82) is 0 Å². The van der Waals surface area contributed by atoms with Crippen LogP contribution in [-0.2, 0) is 13.5 Å². The first-order valence-electron chi connectivity index (χ1n) is 10.5. The highest BCUT2D eigenvalue weighted by Crippen LogP contribution is 2.19. The molecule has 1 saturated heterocycles. The number of nitrogens with zero attached hydrogens (tertiary/aromatic N) is 5. The number of aromatic nitrogens is 2. The summed E-state index contributed by atoms with van der Waals surface area (Å²) in [5, 5.41) is 11.2. The molecule has 1 aliphatic rings. The molecule has 2 aromatic rings. The van der Waals surface area contributed by atoms with E-state index in [1.54, 1.807) is 26.0 Å². The van der Waals surface area contributed by atoms with Crippen LogP contribution in [0.2, 0.25) is 0 Å². The number of aryl methyl sites for hydroxylation is 1. The zero-order chi connectivity index (χ0) is 21.5. The summed E-state index contributed by atoms with van der Waals surface area (Å²) in [6.45, 7) is 2.73. The van der Waals surface area contributed by atoms with Crippen molar-refractivity contribution in [3.05, 3.63) is 47.8 Å². The maximum absolute atomic E-state index is 12.1. The summed E-state index contributed by atoms with van der Waals surface area (Å²) in [7, 11) is 7.29. The van der Waals surface area contributed by atoms with Crippen molar-refractivity contribution in [2.45, 2.75) is 25.3 Å². The van der Waals surface area contributed by atoms with Gasteiger partial charge < -0.3 is 20.4 Å². The third kappa shape index (κ3) is 5.75. The van der Waals surface area contributed by atoms with Crippen molar-refractivity contribution in [2.75, 3.05) is 45.7 Å². The average molecular weight is 412 g/mol. The molecule has 1 aromatic carbocycles. The zero-order valence-corrected chi connectivity index (χ0v) is 18.4. The second kappa shape index (κ2) is 10.1. The van der Waals surface area contributed by atoms with Crippen molar-refractivity contribution in [1.82, 2.24) is 25.3 Å². The van der Waals surface area contributed by atoms with Crippen LogP contribution in [0.25, 0.3) is 0 Å². The summed E-state index contributed by atoms with van der Waals surface area (Å²) < 4.78 is 1.84. The number of piperidine rings is 1. The minimum absolute atomic E-state index is 0.0257. The quantitative estimate of drug-likeness (QED) is 0.556. The third-order valence-electron chi connectivity index (χ3n) is 5.33. The summed E-state index contributed by atoms with van der Waals surface area (Å²) in [5.74, 6) is 0.839. The van der Waals surface area contributed by atoms with E-state index >= 15 is 0 Å². The maximum atomic E-state index is 12.1. The van der Waals surface area contributed by atoms with Crippen LogP contribution in [-0.4, -0.2) is 73.4 Å². The molecule has 3 rings (SSSR count). The van der Waals surface area contributed by atoms with Gasteiger partial charge in [-0.2, -0.15) is 5.10 Å². The van der Waals surface area contributed by atoms with Gasteiger partial charge in [0, 0.05) is 65.6 Å². The summed E-state index contributed by atoms with van der Waals surface area (Å²) in [6, 6.07) is 8.15. The lowest BCUT2D eigenvalue weighted by Gasteiger charge is -2.34. The minimum atomic E-state index is 0.0257. The third-order valence-corrected chi connectivity index (χ3v) is 5.33. The van der Waals surface area contributed by atoms with Gasteiger partial charge in [0.2, 0.25) is 0 Å². The first kappa shape index (κ1) is 21.7. The van der Waals surface area contributed by atoms with Gasteiger partial charge in [-0.15, -0.1) is 0 Å². The first-order valence-corrected chi connectivity index (χ1v) is 10.5. The fourth-order valence-corrected chi connectivity index (χ4v) is 3.73. The number of rotatable bonds is 6. The van der Waals surface area contributed by atoms with Crippen LogP contribution in [0.3, 0.4) is 0 Å². The van der Waals surface area contributed by atoms with Crippen LogP contribution in [0.15, 0.2) is 41.7 Å². The van der Waals surface area contributed by atoms with E-state index in [2.05, 4.69) is 37.9 Å². The molecule has 8 heteroatoms. The largest absolute Gasteiger partial charge is 0.367 e. The van der Waals surface area contributed by atoms with E-state index in [1.165, 1.54) is 5.69 Å². The van der Waals surface area contributed by atoms with Gasteiger partial charge in [0.15, 0.2) is 5.96 Å². The van der Waals surface area contributed by atoms with E-state index in [0.29, 0.717) is 6.04 Å². The van der Waals surface area contributed by atoms with E-state index in [-0.39, 0.29) is 5.91 Å². The predicted octanol–water partition coefficient (Wildman–Crippen LogP) is 1.50. The molecule has 2 N–H and O–H groups in total. The van der Waals surface area contributed by atoms with Gasteiger partial charge in [-0.25, -0.2) is 0 Å². The lowest BCUT2D eigenvalue weighted by molar-refractivity contribution is 0.0827. The van der Waals surface area contributed by atoms with Gasteiger partial charge in [-0.1, -0.05) is 12.1 Å². The maximum Gasteiger partial charge on any atom is 0.253 e. The number of carbonyl (C=O) groups is 1. The first-order chi connectivity index (χ1) is 14.5. The number of anilines is 1. The fourth-order valence-electron chi connectivity index (χ4n) is 3.73.